The summed E-state index contributed by atoms with van der Waals surface area (Å²) in [5, 5.41) is 49.5. The Kier molecular flexibility index (Phi) is 30.1. The highest BCUT2D eigenvalue weighted by atomic mass is 19.3. The molecule has 0 saturated carbocycles. The van der Waals surface area contributed by atoms with Gasteiger partial charge in [0, 0.05) is 103 Å². The van der Waals surface area contributed by atoms with Gasteiger partial charge in [0.25, 0.3) is 11.8 Å². The van der Waals surface area contributed by atoms with E-state index in [1.54, 1.807) is 48.8 Å². The number of ether oxygens (including phenoxy) is 3. The summed E-state index contributed by atoms with van der Waals surface area (Å²) in [5.74, 6) is -10.3. The summed E-state index contributed by atoms with van der Waals surface area (Å²) in [6.07, 6.45) is 5.14. The second-order valence-electron chi connectivity index (χ2n) is 23.9. The fourth-order valence-electron chi connectivity index (χ4n) is 11.4. The van der Waals surface area contributed by atoms with Crippen molar-refractivity contribution in [1.82, 2.24) is 55.7 Å². The van der Waals surface area contributed by atoms with E-state index in [4.69, 9.17) is 14.2 Å². The van der Waals surface area contributed by atoms with Crippen molar-refractivity contribution in [1.29, 1.82) is 5.26 Å². The number of pyridine rings is 1. The van der Waals surface area contributed by atoms with Gasteiger partial charge in [-0.25, -0.2) is 8.78 Å². The minimum atomic E-state index is -3.20. The molecule has 94 heavy (non-hydrogen) atoms. The fraction of sp³-hybridized carbons (Fsp3) is 0.594. The molecular formula is C64H88F2N12O16. The molecule has 3 fully saturated rings. The van der Waals surface area contributed by atoms with Crippen molar-refractivity contribution in [2.24, 2.45) is 5.92 Å². The largest absolute Gasteiger partial charge is 0.494 e. The maximum Gasteiger partial charge on any atom is 0.317 e. The van der Waals surface area contributed by atoms with Crippen LogP contribution in [0.5, 0.6) is 5.75 Å². The number of likely N-dealkylation sites (tertiary alicyclic amines) is 2. The molecule has 6 amide bonds. The molecule has 514 valence electrons. The number of carboxylic acids is 3. The van der Waals surface area contributed by atoms with E-state index < -0.39 is 103 Å². The van der Waals surface area contributed by atoms with Crippen molar-refractivity contribution in [3.8, 4) is 11.8 Å². The number of piperidine rings is 1. The number of benzene rings is 2. The number of hydrogen-bond donors (Lipinski definition) is 7. The number of rotatable bonds is 33. The van der Waals surface area contributed by atoms with Gasteiger partial charge in [-0.15, -0.1) is 0 Å². The van der Waals surface area contributed by atoms with E-state index >= 15 is 0 Å². The SMILES string of the molecule is COC(=O)C[C@H](NC(=O)[C@H](CCOCCNC(=O)CCCc1ccc(C)cc1)NC(=O)CN1CCN(CC(=O)O)CCN(CC(=O)O)CCN(CC(=O)O)CC1)C(=O)N1CCC(CCCCOc2ccc3nccc(C(=O)NCC(=O)N4CC(F)(F)C[C@@H]4C#N)c3c2)CC1. The van der Waals surface area contributed by atoms with Crippen molar-refractivity contribution in [2.75, 3.05) is 138 Å². The predicted molar refractivity (Wildman–Crippen MR) is 335 cm³/mol. The summed E-state index contributed by atoms with van der Waals surface area (Å²) in [7, 11) is 1.15. The molecule has 30 heteroatoms. The van der Waals surface area contributed by atoms with E-state index in [2.05, 4.69) is 26.3 Å². The summed E-state index contributed by atoms with van der Waals surface area (Å²) >= 11 is 0. The molecule has 3 aromatic rings. The number of aliphatic carboxylic acids is 3. The second-order valence-corrected chi connectivity index (χ2v) is 23.9. The molecule has 0 bridgehead atoms. The predicted octanol–water partition coefficient (Wildman–Crippen LogP) is 1.37. The lowest BCUT2D eigenvalue weighted by Crippen LogP contribution is -2.57. The summed E-state index contributed by atoms with van der Waals surface area (Å²) < 4.78 is 44.7. The Labute approximate surface area is 544 Å². The van der Waals surface area contributed by atoms with Gasteiger partial charge < -0.3 is 60.6 Å². The summed E-state index contributed by atoms with van der Waals surface area (Å²) in [5.41, 5.74) is 2.91. The number of hydrogen-bond acceptors (Lipinski definition) is 19. The highest BCUT2D eigenvalue weighted by Crippen LogP contribution is 2.32. The van der Waals surface area contributed by atoms with Crippen molar-refractivity contribution < 1.29 is 86.3 Å². The topological polar surface area (TPSA) is 363 Å². The number of nitrogens with one attached hydrogen (secondary N) is 4. The molecule has 3 aliphatic heterocycles. The second kappa shape index (κ2) is 38.0. The van der Waals surface area contributed by atoms with Gasteiger partial charge in [0.15, 0.2) is 0 Å². The van der Waals surface area contributed by atoms with E-state index in [1.807, 2.05) is 31.2 Å². The maximum atomic E-state index is 14.4. The zero-order valence-corrected chi connectivity index (χ0v) is 53.4. The number of esters is 1. The average molecular weight is 1320 g/mol. The molecular weight excluding hydrogens is 1230 g/mol. The summed E-state index contributed by atoms with van der Waals surface area (Å²) in [6.45, 7) is 1.30. The molecule has 4 heterocycles. The molecule has 0 aliphatic carbocycles. The Bertz CT molecular complexity index is 3080. The Balaban J connectivity index is 1.03. The van der Waals surface area contributed by atoms with Crippen LogP contribution in [0.15, 0.2) is 54.7 Å². The van der Waals surface area contributed by atoms with Gasteiger partial charge in [0.1, 0.15) is 23.9 Å². The maximum absolute atomic E-state index is 14.4. The molecule has 0 unspecified atom stereocenters. The minimum absolute atomic E-state index is 0.0618. The average Bonchev–Trinajstić information content (AvgIpc) is 1.29. The van der Waals surface area contributed by atoms with Crippen LogP contribution < -0.4 is 26.0 Å². The molecule has 0 radical (unpaired) electrons. The lowest BCUT2D eigenvalue weighted by atomic mass is 9.91. The number of nitrogens with zero attached hydrogens (tertiary/aromatic N) is 8. The lowest BCUT2D eigenvalue weighted by Gasteiger charge is -2.35. The van der Waals surface area contributed by atoms with Crippen LogP contribution in [0.25, 0.3) is 10.9 Å². The van der Waals surface area contributed by atoms with Crippen molar-refractivity contribution in [3.05, 3.63) is 71.4 Å². The van der Waals surface area contributed by atoms with Crippen LogP contribution in [0.4, 0.5) is 8.78 Å². The number of unbranched alkanes of at least 4 members (excludes halogenated alkanes) is 1. The van der Waals surface area contributed by atoms with E-state index in [1.165, 1.54) is 12.3 Å². The smallest absolute Gasteiger partial charge is 0.317 e. The molecule has 3 aliphatic rings. The van der Waals surface area contributed by atoms with E-state index in [9.17, 15) is 77.3 Å². The number of methoxy groups -OCH3 is 1. The lowest BCUT2D eigenvalue weighted by molar-refractivity contribution is -0.147. The molecule has 7 N–H and O–H groups in total. The molecule has 3 atom stereocenters. The fourth-order valence-corrected chi connectivity index (χ4v) is 11.4. The zero-order valence-electron chi connectivity index (χ0n) is 53.4. The van der Waals surface area contributed by atoms with Gasteiger partial charge in [-0.1, -0.05) is 36.2 Å². The van der Waals surface area contributed by atoms with E-state index in [0.717, 1.165) is 42.4 Å². The van der Waals surface area contributed by atoms with Crippen LogP contribution in [-0.2, 0) is 59.0 Å². The van der Waals surface area contributed by atoms with Crippen LogP contribution in [0.3, 0.4) is 0 Å². The van der Waals surface area contributed by atoms with Gasteiger partial charge >= 0.3 is 23.9 Å². The number of fused-ring (bicyclic) bond motifs is 1. The zero-order chi connectivity index (χ0) is 68.2. The monoisotopic (exact) mass is 1320 g/mol. The first kappa shape index (κ1) is 74.5. The highest BCUT2D eigenvalue weighted by Gasteiger charge is 2.47. The number of nitriles is 1. The van der Waals surface area contributed by atoms with Gasteiger partial charge in [-0.3, -0.25) is 72.5 Å². The van der Waals surface area contributed by atoms with Crippen molar-refractivity contribution in [2.45, 2.75) is 102 Å². The number of halogens is 2. The van der Waals surface area contributed by atoms with Crippen LogP contribution in [-0.4, -0.2) is 271 Å². The number of carboxylic acid groups (broad SMARTS) is 3. The van der Waals surface area contributed by atoms with Crippen LogP contribution in [0.2, 0.25) is 0 Å². The third-order valence-electron chi connectivity index (χ3n) is 16.6. The highest BCUT2D eigenvalue weighted by molar-refractivity contribution is 6.07. The Hall–Kier alpha value is -8.50. The van der Waals surface area contributed by atoms with Gasteiger partial charge in [0.2, 0.25) is 29.5 Å². The normalized spacial score (nSPS) is 17.7. The van der Waals surface area contributed by atoms with Gasteiger partial charge in [-0.2, -0.15) is 5.26 Å². The van der Waals surface area contributed by atoms with Crippen molar-refractivity contribution >= 4 is 70.2 Å². The molecule has 28 nitrogen and oxygen atoms in total. The molecule has 1 aromatic heterocycles. The van der Waals surface area contributed by atoms with E-state index in [0.29, 0.717) is 68.5 Å². The first-order valence-corrected chi connectivity index (χ1v) is 31.7. The number of carbonyl (C=O) groups is 10. The first-order valence-electron chi connectivity index (χ1n) is 31.7. The Morgan fingerprint density at radius 3 is 1.94 bits per heavy atom. The number of carbonyl (C=O) groups excluding carboxylic acids is 7. The van der Waals surface area contributed by atoms with Gasteiger partial charge in [-0.05, 0) is 87.6 Å². The molecule has 6 rings (SSSR count). The van der Waals surface area contributed by atoms with Crippen molar-refractivity contribution in [3.63, 3.8) is 0 Å². The molecule has 0 spiro atoms. The molecule has 2 aromatic carbocycles. The summed E-state index contributed by atoms with van der Waals surface area (Å²) in [6, 6.07) is 12.3. The third kappa shape index (κ3) is 25.8. The third-order valence-corrected chi connectivity index (χ3v) is 16.6. The number of amides is 6. The van der Waals surface area contributed by atoms with Gasteiger partial charge in [0.05, 0.1) is 83.2 Å². The Morgan fingerprint density at radius 2 is 1.34 bits per heavy atom. The number of aryl methyl sites for hydroxylation is 2. The quantitative estimate of drug-likeness (QED) is 0.0334. The first-order chi connectivity index (χ1) is 45.0. The number of alkyl halides is 2. The van der Waals surface area contributed by atoms with Crippen LogP contribution in [0.1, 0.15) is 85.7 Å². The van der Waals surface area contributed by atoms with E-state index in [-0.39, 0.29) is 122 Å². The van der Waals surface area contributed by atoms with Crippen LogP contribution in [0, 0.1) is 24.2 Å². The summed E-state index contributed by atoms with van der Waals surface area (Å²) in [4.78, 5) is 143. The minimum Gasteiger partial charge on any atom is -0.494 e. The standard InChI is InChI=1S/C64H88F2N12O16/c1-44-9-11-45(12-10-44)7-5-8-54(79)69-20-33-93-32-18-52(71-55(80)39-73-23-25-74(40-57(82)83)27-29-76(42-59(86)87)30-28-75(26-24-73)41-58(84)85)62(90)72-53(35-60(88)92-2)63(91)77-21-16-46(17-22-77)6-3-4-31-94-48-13-14-51-50(34-48)49(15-19-68-51)61(89)70-38-56(81)78-43-64(65,66)36-47(78)37-67/h9-15,19,34,46-47,52-53H,3-8,16-18,20-33,35-36,38-43H2,1-2H3,(H,69,79)(H,70,89)(H,71,80)(H,72,90)(H,82,83)(H,84,85)(H,86,87)/t47-,52+,53+/m1/s1. The number of aromatic nitrogens is 1. The molecule has 3 saturated heterocycles. The van der Waals surface area contributed by atoms with Crippen LogP contribution >= 0.6 is 0 Å². The Morgan fingerprint density at radius 1 is 0.723 bits per heavy atom.